The molecule has 0 atom stereocenters. The van der Waals surface area contributed by atoms with Gasteiger partial charge in [0, 0.05) is 24.6 Å². The van der Waals surface area contributed by atoms with Gasteiger partial charge in [-0.15, -0.1) is 0 Å². The van der Waals surface area contributed by atoms with Gasteiger partial charge >= 0.3 is 0 Å². The van der Waals surface area contributed by atoms with Crippen LogP contribution in [0.3, 0.4) is 0 Å². The van der Waals surface area contributed by atoms with Gasteiger partial charge in [-0.3, -0.25) is 9.36 Å². The Labute approximate surface area is 146 Å². The maximum Gasteiger partial charge on any atom is 0.297 e. The number of hydrogen-bond acceptors (Lipinski definition) is 4. The molecule has 0 bridgehead atoms. The molecule has 128 valence electrons. The van der Waals surface area contributed by atoms with Gasteiger partial charge in [0.2, 0.25) is 0 Å². The van der Waals surface area contributed by atoms with E-state index in [1.165, 1.54) is 5.56 Å². The molecule has 0 saturated heterocycles. The Morgan fingerprint density at radius 1 is 1.08 bits per heavy atom. The summed E-state index contributed by atoms with van der Waals surface area (Å²) < 4.78 is 7.00. The summed E-state index contributed by atoms with van der Waals surface area (Å²) in [5, 5.41) is 3.12. The van der Waals surface area contributed by atoms with Gasteiger partial charge in [0.15, 0.2) is 5.82 Å². The van der Waals surface area contributed by atoms with Gasteiger partial charge in [0.25, 0.3) is 5.56 Å². The topological polar surface area (TPSA) is 56.1 Å². The summed E-state index contributed by atoms with van der Waals surface area (Å²) in [6.07, 6.45) is 3.28. The third-order valence-electron chi connectivity index (χ3n) is 3.85. The monoisotopic (exact) mass is 335 g/mol. The zero-order valence-electron chi connectivity index (χ0n) is 14.4. The molecule has 1 aromatic heterocycles. The number of anilines is 1. The summed E-state index contributed by atoms with van der Waals surface area (Å²) in [7, 11) is 0. The van der Waals surface area contributed by atoms with Crippen molar-refractivity contribution in [1.82, 2.24) is 9.55 Å². The Kier molecular flexibility index (Phi) is 5.14. The van der Waals surface area contributed by atoms with Crippen LogP contribution in [0, 0.1) is 6.92 Å². The van der Waals surface area contributed by atoms with Crippen molar-refractivity contribution in [3.63, 3.8) is 0 Å². The molecule has 0 aliphatic carbocycles. The minimum atomic E-state index is -0.182. The van der Waals surface area contributed by atoms with Crippen molar-refractivity contribution in [3.05, 3.63) is 82.4 Å². The molecule has 5 nitrogen and oxygen atoms in total. The molecule has 1 heterocycles. The van der Waals surface area contributed by atoms with Crippen LogP contribution in [-0.2, 0) is 6.54 Å². The van der Waals surface area contributed by atoms with Gasteiger partial charge in [-0.25, -0.2) is 4.98 Å². The first-order valence-corrected chi connectivity index (χ1v) is 8.27. The number of nitrogens with one attached hydrogen (secondary N) is 1. The van der Waals surface area contributed by atoms with Gasteiger partial charge in [-0.2, -0.15) is 0 Å². The Morgan fingerprint density at radius 3 is 2.48 bits per heavy atom. The van der Waals surface area contributed by atoms with Crippen LogP contribution in [0.1, 0.15) is 18.1 Å². The van der Waals surface area contributed by atoms with Crippen molar-refractivity contribution in [1.29, 1.82) is 0 Å². The Hall–Kier alpha value is -3.08. The van der Waals surface area contributed by atoms with E-state index in [-0.39, 0.29) is 5.56 Å². The van der Waals surface area contributed by atoms with E-state index < -0.39 is 0 Å². The van der Waals surface area contributed by atoms with Crippen molar-refractivity contribution in [2.45, 2.75) is 20.4 Å². The van der Waals surface area contributed by atoms with Gasteiger partial charge in [0.05, 0.1) is 6.61 Å². The van der Waals surface area contributed by atoms with Gasteiger partial charge in [-0.05, 0) is 43.7 Å². The lowest BCUT2D eigenvalue weighted by Crippen LogP contribution is -2.23. The molecule has 3 aromatic rings. The quantitative estimate of drug-likeness (QED) is 0.748. The number of nitrogens with zero attached hydrogens (tertiary/aromatic N) is 2. The van der Waals surface area contributed by atoms with Crippen LogP contribution in [0.25, 0.3) is 5.69 Å². The smallest absolute Gasteiger partial charge is 0.297 e. The fourth-order valence-electron chi connectivity index (χ4n) is 2.50. The second-order valence-corrected chi connectivity index (χ2v) is 5.72. The zero-order valence-corrected chi connectivity index (χ0v) is 14.4. The number of hydrogen-bond donors (Lipinski definition) is 1. The number of rotatable bonds is 6. The van der Waals surface area contributed by atoms with E-state index in [1.54, 1.807) is 17.0 Å². The highest BCUT2D eigenvalue weighted by molar-refractivity contribution is 5.41. The van der Waals surface area contributed by atoms with Crippen LogP contribution in [0.15, 0.2) is 65.7 Å². The Bertz CT molecular complexity index is 884. The molecule has 3 rings (SSSR count). The third kappa shape index (κ3) is 4.07. The first kappa shape index (κ1) is 16.8. The van der Waals surface area contributed by atoms with Crippen molar-refractivity contribution in [2.24, 2.45) is 0 Å². The van der Waals surface area contributed by atoms with Crippen molar-refractivity contribution in [2.75, 3.05) is 11.9 Å². The minimum absolute atomic E-state index is 0.182. The zero-order chi connectivity index (χ0) is 17.6. The molecule has 0 fully saturated rings. The summed E-state index contributed by atoms with van der Waals surface area (Å²) in [4.78, 5) is 16.8. The van der Waals surface area contributed by atoms with E-state index in [2.05, 4.69) is 10.3 Å². The molecular weight excluding hydrogens is 314 g/mol. The molecule has 0 amide bonds. The SMILES string of the molecule is CCOc1ccc(-n2ccnc(NCc3ccc(C)cc3)c2=O)cc1. The van der Waals surface area contributed by atoms with E-state index >= 15 is 0 Å². The van der Waals surface area contributed by atoms with Crippen LogP contribution in [0.5, 0.6) is 5.75 Å². The summed E-state index contributed by atoms with van der Waals surface area (Å²) in [5.74, 6) is 1.11. The predicted molar refractivity (Wildman–Crippen MR) is 99.5 cm³/mol. The van der Waals surface area contributed by atoms with Gasteiger partial charge < -0.3 is 10.1 Å². The molecule has 0 saturated carbocycles. The molecule has 0 spiro atoms. The van der Waals surface area contributed by atoms with Crippen molar-refractivity contribution in [3.8, 4) is 11.4 Å². The van der Waals surface area contributed by atoms with E-state index in [0.29, 0.717) is 19.0 Å². The van der Waals surface area contributed by atoms with E-state index in [0.717, 1.165) is 17.0 Å². The average molecular weight is 335 g/mol. The van der Waals surface area contributed by atoms with Crippen LogP contribution >= 0.6 is 0 Å². The summed E-state index contributed by atoms with van der Waals surface area (Å²) in [5.41, 5.74) is 2.90. The molecular formula is C20H21N3O2. The first-order chi connectivity index (χ1) is 12.2. The number of aryl methyl sites for hydroxylation is 1. The molecule has 2 aromatic carbocycles. The van der Waals surface area contributed by atoms with Gasteiger partial charge in [0.1, 0.15) is 5.75 Å². The second-order valence-electron chi connectivity index (χ2n) is 5.72. The average Bonchev–Trinajstić information content (AvgIpc) is 2.63. The van der Waals surface area contributed by atoms with Crippen LogP contribution in [-0.4, -0.2) is 16.2 Å². The van der Waals surface area contributed by atoms with E-state index in [4.69, 9.17) is 4.74 Å². The lowest BCUT2D eigenvalue weighted by atomic mass is 10.1. The lowest BCUT2D eigenvalue weighted by molar-refractivity contribution is 0.340. The molecule has 0 radical (unpaired) electrons. The highest BCUT2D eigenvalue weighted by Gasteiger charge is 2.06. The Balaban J connectivity index is 1.79. The molecule has 0 aliphatic heterocycles. The summed E-state index contributed by atoms with van der Waals surface area (Å²) in [6, 6.07) is 15.6. The Morgan fingerprint density at radius 2 is 1.80 bits per heavy atom. The van der Waals surface area contributed by atoms with E-state index in [1.807, 2.05) is 62.4 Å². The second kappa shape index (κ2) is 7.66. The lowest BCUT2D eigenvalue weighted by Gasteiger charge is -2.10. The minimum Gasteiger partial charge on any atom is -0.494 e. The number of aromatic nitrogens is 2. The van der Waals surface area contributed by atoms with Crippen LogP contribution in [0.4, 0.5) is 5.82 Å². The standard InChI is InChI=1S/C20H21N3O2/c1-3-25-18-10-8-17(9-11-18)23-13-12-21-19(20(23)24)22-14-16-6-4-15(2)5-7-16/h4-13H,3,14H2,1-2H3,(H,21,22). The molecule has 5 heteroatoms. The largest absolute Gasteiger partial charge is 0.494 e. The maximum absolute atomic E-state index is 12.7. The van der Waals surface area contributed by atoms with Crippen molar-refractivity contribution < 1.29 is 4.74 Å². The highest BCUT2D eigenvalue weighted by Crippen LogP contribution is 2.14. The molecule has 0 unspecified atom stereocenters. The molecule has 1 N–H and O–H groups in total. The normalized spacial score (nSPS) is 10.5. The number of ether oxygens (including phenoxy) is 1. The fourth-order valence-corrected chi connectivity index (χ4v) is 2.50. The number of benzene rings is 2. The van der Waals surface area contributed by atoms with E-state index in [9.17, 15) is 4.79 Å². The van der Waals surface area contributed by atoms with Gasteiger partial charge in [-0.1, -0.05) is 29.8 Å². The summed E-state index contributed by atoms with van der Waals surface area (Å²) >= 11 is 0. The van der Waals surface area contributed by atoms with Crippen molar-refractivity contribution >= 4 is 5.82 Å². The summed E-state index contributed by atoms with van der Waals surface area (Å²) in [6.45, 7) is 5.15. The molecule has 25 heavy (non-hydrogen) atoms. The third-order valence-corrected chi connectivity index (χ3v) is 3.85. The molecule has 0 aliphatic rings. The van der Waals surface area contributed by atoms with Crippen LogP contribution in [0.2, 0.25) is 0 Å². The van der Waals surface area contributed by atoms with Crippen LogP contribution < -0.4 is 15.6 Å². The predicted octanol–water partition coefficient (Wildman–Crippen LogP) is 3.55. The highest BCUT2D eigenvalue weighted by atomic mass is 16.5. The fraction of sp³-hybridized carbons (Fsp3) is 0.200. The maximum atomic E-state index is 12.7. The first-order valence-electron chi connectivity index (χ1n) is 8.27.